The van der Waals surface area contributed by atoms with Gasteiger partial charge in [-0.05, 0) is 37.7 Å². The van der Waals surface area contributed by atoms with Crippen LogP contribution in [0.15, 0.2) is 24.3 Å². The maximum atomic E-state index is 13.7. The number of hydrogen-bond acceptors (Lipinski definition) is 5. The minimum Gasteiger partial charge on any atom is -0.374 e. The summed E-state index contributed by atoms with van der Waals surface area (Å²) in [5, 5.41) is 13.1. The molecule has 0 radical (unpaired) electrons. The van der Waals surface area contributed by atoms with E-state index >= 15 is 0 Å². The van der Waals surface area contributed by atoms with Crippen molar-refractivity contribution in [2.75, 3.05) is 6.26 Å². The predicted molar refractivity (Wildman–Crippen MR) is 102 cm³/mol. The second-order valence-electron chi connectivity index (χ2n) is 6.81. The third-order valence-electron chi connectivity index (χ3n) is 4.86. The molecule has 1 saturated carbocycles. The molecule has 27 heavy (non-hydrogen) atoms. The number of hydrogen-bond donors (Lipinski definition) is 2. The summed E-state index contributed by atoms with van der Waals surface area (Å²) in [4.78, 5) is 16.3. The first kappa shape index (κ1) is 20.4. The van der Waals surface area contributed by atoms with Crippen LogP contribution in [0.2, 0.25) is 0 Å². The molecule has 0 saturated heterocycles. The number of nitrogens with zero attached hydrogens (tertiary/aromatic N) is 1. The molecule has 1 heterocycles. The van der Waals surface area contributed by atoms with Crippen LogP contribution < -0.4 is 5.32 Å². The normalized spacial score (nSPS) is 23.1. The van der Waals surface area contributed by atoms with Gasteiger partial charge in [-0.25, -0.2) is 4.98 Å². The van der Waals surface area contributed by atoms with Gasteiger partial charge in [0.15, 0.2) is 0 Å². The highest BCUT2D eigenvalue weighted by Gasteiger charge is 2.58. The summed E-state index contributed by atoms with van der Waals surface area (Å²) in [6.45, 7) is 0. The molecule has 2 aromatic rings. The van der Waals surface area contributed by atoms with Crippen LogP contribution in [0.3, 0.4) is 0 Å². The van der Waals surface area contributed by atoms with Gasteiger partial charge < -0.3 is 10.4 Å². The lowest BCUT2D eigenvalue weighted by Gasteiger charge is -2.31. The zero-order valence-corrected chi connectivity index (χ0v) is 16.4. The SMILES string of the molecule is CS[C@@H]1CCC[C@H](NC(=O)C[C@](O)(c2nc3ccccc3s2)C(F)(F)F)C1. The number of carbonyl (C=O) groups is 1. The van der Waals surface area contributed by atoms with Gasteiger partial charge in [-0.15, -0.1) is 11.3 Å². The molecule has 3 atom stereocenters. The van der Waals surface area contributed by atoms with E-state index in [9.17, 15) is 23.1 Å². The molecule has 0 unspecified atom stereocenters. The number of para-hydroxylation sites is 1. The molecule has 0 aliphatic heterocycles. The van der Waals surface area contributed by atoms with Crippen LogP contribution in [0, 0.1) is 0 Å². The fourth-order valence-electron chi connectivity index (χ4n) is 3.35. The van der Waals surface area contributed by atoms with Crippen LogP contribution in [0.25, 0.3) is 10.2 Å². The largest absolute Gasteiger partial charge is 0.424 e. The fraction of sp³-hybridized carbons (Fsp3) is 0.556. The van der Waals surface area contributed by atoms with Crippen molar-refractivity contribution in [3.8, 4) is 0 Å². The number of nitrogens with one attached hydrogen (secondary N) is 1. The Morgan fingerprint density at radius 2 is 2.11 bits per heavy atom. The summed E-state index contributed by atoms with van der Waals surface area (Å²) in [6.07, 6.45) is -0.649. The summed E-state index contributed by atoms with van der Waals surface area (Å²) in [5.41, 5.74) is -2.93. The molecular formula is C18H21F3N2O2S2. The maximum absolute atomic E-state index is 13.7. The monoisotopic (exact) mass is 418 g/mol. The zero-order chi connectivity index (χ0) is 19.7. The van der Waals surface area contributed by atoms with E-state index < -0.39 is 29.1 Å². The number of alkyl halides is 3. The standard InChI is InChI=1S/C18H21F3N2O2S2/c1-26-12-6-4-5-11(9-12)22-15(24)10-17(25,18(19,20)21)16-23-13-7-2-3-8-14(13)27-16/h2-3,7-8,11-12,25H,4-6,9-10H2,1H3,(H,22,24)/t11-,12+,17-/m0/s1. The van der Waals surface area contributed by atoms with Gasteiger partial charge in [0.05, 0.1) is 16.6 Å². The van der Waals surface area contributed by atoms with Crippen LogP contribution in [-0.2, 0) is 10.4 Å². The lowest BCUT2D eigenvalue weighted by atomic mass is 9.93. The number of amides is 1. The summed E-state index contributed by atoms with van der Waals surface area (Å²) < 4.78 is 41.7. The number of aliphatic hydroxyl groups is 1. The lowest BCUT2D eigenvalue weighted by Crippen LogP contribution is -2.48. The third kappa shape index (κ3) is 4.41. The van der Waals surface area contributed by atoms with E-state index in [1.165, 1.54) is 0 Å². The Kier molecular flexibility index (Phi) is 6.02. The van der Waals surface area contributed by atoms with Gasteiger partial charge >= 0.3 is 6.18 Å². The molecule has 148 valence electrons. The number of thioether (sulfide) groups is 1. The van der Waals surface area contributed by atoms with E-state index in [1.807, 2.05) is 6.26 Å². The van der Waals surface area contributed by atoms with Crippen LogP contribution in [0.5, 0.6) is 0 Å². The molecule has 0 spiro atoms. The summed E-state index contributed by atoms with van der Waals surface area (Å²) in [7, 11) is 0. The van der Waals surface area contributed by atoms with E-state index in [0.29, 0.717) is 15.5 Å². The van der Waals surface area contributed by atoms with Crippen LogP contribution in [0.4, 0.5) is 13.2 Å². The van der Waals surface area contributed by atoms with Crippen molar-refractivity contribution in [3.05, 3.63) is 29.3 Å². The first-order valence-electron chi connectivity index (χ1n) is 8.70. The molecule has 2 N–H and O–H groups in total. The molecule has 1 fully saturated rings. The van der Waals surface area contributed by atoms with E-state index in [-0.39, 0.29) is 6.04 Å². The Labute approximate surface area is 163 Å². The van der Waals surface area contributed by atoms with Crippen LogP contribution in [-0.4, -0.2) is 39.7 Å². The van der Waals surface area contributed by atoms with E-state index in [1.54, 1.807) is 36.0 Å². The van der Waals surface area contributed by atoms with Crippen molar-refractivity contribution < 1.29 is 23.1 Å². The van der Waals surface area contributed by atoms with Gasteiger partial charge in [-0.3, -0.25) is 4.79 Å². The second-order valence-corrected chi connectivity index (χ2v) is 8.98. The molecule has 1 aliphatic carbocycles. The Balaban J connectivity index is 1.79. The van der Waals surface area contributed by atoms with Crippen molar-refractivity contribution in [2.45, 2.75) is 55.2 Å². The van der Waals surface area contributed by atoms with Crippen LogP contribution in [0.1, 0.15) is 37.1 Å². The average Bonchev–Trinajstić information content (AvgIpc) is 3.05. The number of thiazole rings is 1. The topological polar surface area (TPSA) is 62.2 Å². The third-order valence-corrected chi connectivity index (χ3v) is 7.14. The van der Waals surface area contributed by atoms with Gasteiger partial charge in [-0.2, -0.15) is 24.9 Å². The molecule has 3 rings (SSSR count). The van der Waals surface area contributed by atoms with Gasteiger partial charge in [-0.1, -0.05) is 18.6 Å². The lowest BCUT2D eigenvalue weighted by molar-refractivity contribution is -0.267. The van der Waals surface area contributed by atoms with E-state index in [4.69, 9.17) is 0 Å². The Morgan fingerprint density at radius 1 is 1.37 bits per heavy atom. The number of aromatic nitrogens is 1. The molecular weight excluding hydrogens is 397 g/mol. The minimum absolute atomic E-state index is 0.156. The molecule has 1 aliphatic rings. The second kappa shape index (κ2) is 7.97. The van der Waals surface area contributed by atoms with E-state index in [0.717, 1.165) is 37.0 Å². The van der Waals surface area contributed by atoms with Gasteiger partial charge in [0.1, 0.15) is 5.01 Å². The molecule has 1 aromatic heterocycles. The molecule has 1 amide bonds. The molecule has 1 aromatic carbocycles. The number of rotatable bonds is 5. The maximum Gasteiger partial charge on any atom is 0.424 e. The Bertz CT molecular complexity index is 778. The van der Waals surface area contributed by atoms with Crippen molar-refractivity contribution in [2.24, 2.45) is 0 Å². The number of benzene rings is 1. The summed E-state index contributed by atoms with van der Waals surface area (Å²) in [6, 6.07) is 6.41. The number of carbonyl (C=O) groups excluding carboxylic acids is 1. The van der Waals surface area contributed by atoms with Crippen molar-refractivity contribution in [3.63, 3.8) is 0 Å². The van der Waals surface area contributed by atoms with Crippen molar-refractivity contribution in [1.29, 1.82) is 0 Å². The highest BCUT2D eigenvalue weighted by atomic mass is 32.2. The van der Waals surface area contributed by atoms with Gasteiger partial charge in [0.25, 0.3) is 0 Å². The Morgan fingerprint density at radius 3 is 2.78 bits per heavy atom. The highest BCUT2D eigenvalue weighted by molar-refractivity contribution is 7.99. The summed E-state index contributed by atoms with van der Waals surface area (Å²) in [5.74, 6) is -0.805. The average molecular weight is 419 g/mol. The smallest absolute Gasteiger partial charge is 0.374 e. The van der Waals surface area contributed by atoms with Gasteiger partial charge in [0, 0.05) is 11.3 Å². The number of fused-ring (bicyclic) bond motifs is 1. The number of halogens is 3. The van der Waals surface area contributed by atoms with Crippen LogP contribution >= 0.6 is 23.1 Å². The van der Waals surface area contributed by atoms with Crippen molar-refractivity contribution >= 4 is 39.2 Å². The predicted octanol–water partition coefficient (Wildman–Crippen LogP) is 4.23. The zero-order valence-electron chi connectivity index (χ0n) is 14.8. The minimum atomic E-state index is -5.01. The quantitative estimate of drug-likeness (QED) is 0.763. The Hall–Kier alpha value is -1.32. The van der Waals surface area contributed by atoms with E-state index in [2.05, 4.69) is 10.3 Å². The first-order chi connectivity index (χ1) is 12.7. The van der Waals surface area contributed by atoms with Crippen molar-refractivity contribution in [1.82, 2.24) is 10.3 Å². The molecule has 4 nitrogen and oxygen atoms in total. The molecule has 0 bridgehead atoms. The summed E-state index contributed by atoms with van der Waals surface area (Å²) >= 11 is 2.46. The van der Waals surface area contributed by atoms with Gasteiger partial charge in [0.2, 0.25) is 11.5 Å². The highest BCUT2D eigenvalue weighted by Crippen LogP contribution is 2.44. The first-order valence-corrected chi connectivity index (χ1v) is 10.8. The molecule has 9 heteroatoms. The fourth-order valence-corrected chi connectivity index (χ4v) is 5.25.